The van der Waals surface area contributed by atoms with Gasteiger partial charge in [0.05, 0.1) is 0 Å². The Kier molecular flexibility index (Phi) is 37.1. The third-order valence-corrected chi connectivity index (χ3v) is 5.28. The molecule has 10 heteroatoms. The largest absolute Gasteiger partial charge is 3.00 e. The zero-order valence-corrected chi connectivity index (χ0v) is 27.7. The summed E-state index contributed by atoms with van der Waals surface area (Å²) in [7, 11) is 0. The second-order valence-corrected chi connectivity index (χ2v) is 9.85. The fourth-order valence-corrected chi connectivity index (χ4v) is 3.60. The van der Waals surface area contributed by atoms with E-state index in [0.717, 1.165) is 77.8 Å². The van der Waals surface area contributed by atoms with Crippen molar-refractivity contribution >= 4 is 112 Å². The molecule has 3 nitrogen and oxygen atoms in total. The van der Waals surface area contributed by atoms with Crippen LogP contribution < -0.4 is 0 Å². The first-order chi connectivity index (χ1) is 14.2. The van der Waals surface area contributed by atoms with Crippen LogP contribution in [0.15, 0.2) is 0 Å². The Morgan fingerprint density at radius 1 is 0.452 bits per heavy atom. The van der Waals surface area contributed by atoms with Gasteiger partial charge in [-0.1, -0.05) is 54.5 Å². The third kappa shape index (κ3) is 27.3. The molecule has 31 heavy (non-hydrogen) atoms. The zero-order valence-electron chi connectivity index (χ0n) is 20.2. The first-order valence-electron chi connectivity index (χ1n) is 11.0. The number of hydrogen-bond donors (Lipinski definition) is 0. The van der Waals surface area contributed by atoms with Crippen LogP contribution in [0.25, 0.3) is 0 Å². The van der Waals surface area contributed by atoms with E-state index in [9.17, 15) is 0 Å². The maximum absolute atomic E-state index is 4.89. The van der Waals surface area contributed by atoms with Gasteiger partial charge in [-0.05, 0) is 38.5 Å². The van der Waals surface area contributed by atoms with Crippen LogP contribution in [0.2, 0.25) is 0 Å². The second kappa shape index (κ2) is 29.2. The van der Waals surface area contributed by atoms with Crippen LogP contribution in [0.4, 0.5) is 0 Å². The van der Waals surface area contributed by atoms with Gasteiger partial charge in [-0.3, -0.25) is 0 Å². The molecular formula is C21H42N3S6Sb. The topological polar surface area (TPSA) is 9.72 Å². The van der Waals surface area contributed by atoms with Crippen LogP contribution in [-0.4, -0.2) is 91.4 Å². The molecule has 0 aromatic rings. The molecule has 0 aliphatic rings. The molecule has 0 aliphatic heterocycles. The Balaban J connectivity index is -0.000000174. The fourth-order valence-electron chi connectivity index (χ4n) is 2.50. The minimum Gasteiger partial charge on any atom is -0.411 e. The molecule has 0 heterocycles. The summed E-state index contributed by atoms with van der Waals surface area (Å²) in [5, 5.41) is 0. The number of hydrogen-bond acceptors (Lipinski definition) is 6. The van der Waals surface area contributed by atoms with E-state index in [1.807, 2.05) is 0 Å². The number of nitrogens with zero attached hydrogens (tertiary/aromatic N) is 3. The predicted octanol–water partition coefficient (Wildman–Crippen LogP) is 5.44. The van der Waals surface area contributed by atoms with Gasteiger partial charge < -0.3 is 89.2 Å². The van der Waals surface area contributed by atoms with Crippen molar-refractivity contribution < 1.29 is 0 Å². The molecule has 0 atom stereocenters. The quantitative estimate of drug-likeness (QED) is 0.154. The second-order valence-electron chi connectivity index (χ2n) is 6.76. The van der Waals surface area contributed by atoms with E-state index in [1.165, 1.54) is 0 Å². The van der Waals surface area contributed by atoms with Gasteiger partial charge in [0.1, 0.15) is 0 Å². The maximum atomic E-state index is 4.89. The summed E-state index contributed by atoms with van der Waals surface area (Å²) in [5.41, 5.74) is 0. The molecule has 0 saturated carbocycles. The van der Waals surface area contributed by atoms with E-state index >= 15 is 0 Å². The Hall–Kier alpha value is 1.15. The van der Waals surface area contributed by atoms with Gasteiger partial charge in [0, 0.05) is 39.3 Å². The smallest absolute Gasteiger partial charge is 0.411 e. The first kappa shape index (κ1) is 39.4. The van der Waals surface area contributed by atoms with Crippen LogP contribution in [-0.2, 0) is 37.9 Å². The van der Waals surface area contributed by atoms with E-state index in [-0.39, 0.29) is 24.4 Å². The summed E-state index contributed by atoms with van der Waals surface area (Å²) in [4.78, 5) is 6.22. The molecule has 2 radical (unpaired) electrons. The average molecular weight is 651 g/mol. The fraction of sp³-hybridized carbons (Fsp3) is 0.857. The molecule has 0 N–H and O–H groups in total. The van der Waals surface area contributed by atoms with Crippen molar-refractivity contribution in [1.29, 1.82) is 0 Å². The molecule has 0 fully saturated rings. The molecule has 0 amide bonds. The van der Waals surface area contributed by atoms with Gasteiger partial charge in [-0.15, -0.1) is 0 Å². The first-order valence-corrected chi connectivity index (χ1v) is 13.5. The van der Waals surface area contributed by atoms with E-state index in [0.29, 0.717) is 13.0 Å². The molecule has 182 valence electrons. The van der Waals surface area contributed by atoms with Crippen LogP contribution in [0, 0.1) is 0 Å². The molecule has 0 spiro atoms. The molecule has 0 bridgehead atoms. The molecule has 0 rings (SSSR count). The number of thiocarbonyl (C=S) groups is 3. The predicted molar refractivity (Wildman–Crippen MR) is 162 cm³/mol. The van der Waals surface area contributed by atoms with Crippen molar-refractivity contribution in [2.24, 2.45) is 0 Å². The van der Waals surface area contributed by atoms with E-state index in [1.54, 1.807) is 0 Å². The van der Waals surface area contributed by atoms with Crippen LogP contribution in [0.3, 0.4) is 0 Å². The third-order valence-electron chi connectivity index (χ3n) is 3.74. The van der Waals surface area contributed by atoms with Gasteiger partial charge >= 0.3 is 24.4 Å². The Morgan fingerprint density at radius 3 is 0.645 bits per heavy atom. The normalized spacial score (nSPS) is 9.10. The van der Waals surface area contributed by atoms with Gasteiger partial charge in [0.2, 0.25) is 0 Å². The zero-order chi connectivity index (χ0) is 23.9. The average Bonchev–Trinajstić information content (AvgIpc) is 2.68. The van der Waals surface area contributed by atoms with E-state index < -0.39 is 0 Å². The van der Waals surface area contributed by atoms with E-state index in [2.05, 4.69) is 56.2 Å². The van der Waals surface area contributed by atoms with Crippen LogP contribution >= 0.6 is 36.7 Å². The minimum absolute atomic E-state index is 0. The summed E-state index contributed by atoms with van der Waals surface area (Å²) in [5.74, 6) is 0. The maximum Gasteiger partial charge on any atom is 3.00 e. The standard InChI is InChI=1S/3C7H15NS2.Sb/c3*1-3-5-8(6-4-2)7(9)10;/h3*3-6H2,1-2H3,(H,9,10);/q;;;+3/p-3. The molecule has 0 aromatic carbocycles. The molecule has 0 aromatic heterocycles. The van der Waals surface area contributed by atoms with Crippen LogP contribution in [0.1, 0.15) is 80.1 Å². The summed E-state index contributed by atoms with van der Waals surface area (Å²) in [6, 6.07) is 0. The molecule has 0 saturated heterocycles. The minimum atomic E-state index is 0. The summed E-state index contributed by atoms with van der Waals surface area (Å²) >= 11 is 29.3. The summed E-state index contributed by atoms with van der Waals surface area (Å²) in [6.07, 6.45) is 6.73. The van der Waals surface area contributed by atoms with Crippen molar-refractivity contribution in [1.82, 2.24) is 14.7 Å². The van der Waals surface area contributed by atoms with Crippen molar-refractivity contribution in [2.75, 3.05) is 39.3 Å². The molecule has 0 aliphatic carbocycles. The Bertz CT molecular complexity index is 362. The SMILES string of the molecule is CCCN(CCC)C(=S)[S-].CCCN(CCC)C(=S)[S-].CCCN(CCC)C(=S)[S-].[Sb+3]. The van der Waals surface area contributed by atoms with Gasteiger partial charge in [-0.2, -0.15) is 0 Å². The molecule has 0 unspecified atom stereocenters. The molecular weight excluding hydrogens is 608 g/mol. The van der Waals surface area contributed by atoms with E-state index in [4.69, 9.17) is 74.5 Å². The van der Waals surface area contributed by atoms with Gasteiger partial charge in [0.25, 0.3) is 0 Å². The van der Waals surface area contributed by atoms with Crippen molar-refractivity contribution in [2.45, 2.75) is 80.1 Å². The van der Waals surface area contributed by atoms with Crippen LogP contribution in [0.5, 0.6) is 0 Å². The number of rotatable bonds is 12. The van der Waals surface area contributed by atoms with Crippen molar-refractivity contribution in [3.8, 4) is 0 Å². The van der Waals surface area contributed by atoms with Gasteiger partial charge in [-0.25, -0.2) is 0 Å². The summed E-state index contributed by atoms with van der Waals surface area (Å²) < 4.78 is 1.84. The Labute approximate surface area is 243 Å². The Morgan fingerprint density at radius 2 is 0.581 bits per heavy atom. The summed E-state index contributed by atoms with van der Waals surface area (Å²) in [6.45, 7) is 18.9. The monoisotopic (exact) mass is 649 g/mol. The van der Waals surface area contributed by atoms with Crippen molar-refractivity contribution in [3.63, 3.8) is 0 Å². The van der Waals surface area contributed by atoms with Gasteiger partial charge in [0.15, 0.2) is 0 Å². The van der Waals surface area contributed by atoms with Crippen molar-refractivity contribution in [3.05, 3.63) is 0 Å².